The van der Waals surface area contributed by atoms with Gasteiger partial charge in [-0.2, -0.15) is 0 Å². The Bertz CT molecular complexity index is 683. The highest BCUT2D eigenvalue weighted by Gasteiger charge is 2.36. The number of sulfonamides is 1. The normalized spacial score (nSPS) is 18.0. The molecule has 1 aromatic rings. The van der Waals surface area contributed by atoms with Gasteiger partial charge in [-0.25, -0.2) is 17.5 Å². The molecule has 0 saturated heterocycles. The van der Waals surface area contributed by atoms with Gasteiger partial charge in [0.05, 0.1) is 11.8 Å². The van der Waals surface area contributed by atoms with Crippen LogP contribution >= 0.6 is 0 Å². The van der Waals surface area contributed by atoms with E-state index in [2.05, 4.69) is 10.0 Å². The molecule has 1 aliphatic carbocycles. The number of halogens is 1. The van der Waals surface area contributed by atoms with Crippen molar-refractivity contribution < 1.29 is 17.6 Å². The van der Waals surface area contributed by atoms with Crippen molar-refractivity contribution in [3.63, 3.8) is 0 Å². The van der Waals surface area contributed by atoms with Gasteiger partial charge in [-0.3, -0.25) is 4.79 Å². The SMILES string of the molecule is CCCS(=O)(=O)N[C@H](C)C(=O)NCC1(c2ccc(F)cc2)CCCC1. The summed E-state index contributed by atoms with van der Waals surface area (Å²) in [6, 6.07) is 5.63. The number of benzene rings is 1. The summed E-state index contributed by atoms with van der Waals surface area (Å²) in [6.45, 7) is 3.75. The number of hydrogen-bond donors (Lipinski definition) is 2. The Kier molecular flexibility index (Phi) is 6.57. The second kappa shape index (κ2) is 8.27. The molecule has 0 bridgehead atoms. The van der Waals surface area contributed by atoms with Crippen LogP contribution in [0, 0.1) is 5.82 Å². The first-order valence-corrected chi connectivity index (χ1v) is 10.5. The van der Waals surface area contributed by atoms with Gasteiger partial charge in [0.2, 0.25) is 15.9 Å². The van der Waals surface area contributed by atoms with E-state index in [1.54, 1.807) is 26.0 Å². The smallest absolute Gasteiger partial charge is 0.237 e. The van der Waals surface area contributed by atoms with Gasteiger partial charge in [0.1, 0.15) is 5.82 Å². The maximum Gasteiger partial charge on any atom is 0.237 e. The molecule has 5 nitrogen and oxygen atoms in total. The summed E-state index contributed by atoms with van der Waals surface area (Å²) in [5.74, 6) is -0.614. The molecule has 0 heterocycles. The molecule has 0 unspecified atom stereocenters. The lowest BCUT2D eigenvalue weighted by Crippen LogP contribution is -2.48. The largest absolute Gasteiger partial charge is 0.354 e. The van der Waals surface area contributed by atoms with Gasteiger partial charge < -0.3 is 5.32 Å². The van der Waals surface area contributed by atoms with E-state index < -0.39 is 16.1 Å². The van der Waals surface area contributed by atoms with Gasteiger partial charge in [0, 0.05) is 12.0 Å². The second-order valence-electron chi connectivity index (χ2n) is 6.87. The standard InChI is InChI=1S/C18H27FN2O3S/c1-3-12-25(23,24)21-14(2)17(22)20-13-18(10-4-5-11-18)15-6-8-16(19)9-7-15/h6-9,14,21H,3-5,10-13H2,1-2H3,(H,20,22)/t14-/m1/s1. The first kappa shape index (κ1) is 19.8. The Hall–Kier alpha value is -1.47. The molecule has 0 radical (unpaired) electrons. The summed E-state index contributed by atoms with van der Waals surface area (Å²) in [6.07, 6.45) is 4.47. The third kappa shape index (κ3) is 5.25. The van der Waals surface area contributed by atoms with Crippen LogP contribution in [0.5, 0.6) is 0 Å². The Balaban J connectivity index is 2.01. The van der Waals surface area contributed by atoms with Crippen LogP contribution in [0.15, 0.2) is 24.3 Å². The Morgan fingerprint density at radius 2 is 1.84 bits per heavy atom. The Morgan fingerprint density at radius 3 is 2.40 bits per heavy atom. The molecule has 1 aliphatic rings. The molecular formula is C18H27FN2O3S. The number of nitrogens with one attached hydrogen (secondary N) is 2. The van der Waals surface area contributed by atoms with Crippen LogP contribution in [0.25, 0.3) is 0 Å². The van der Waals surface area contributed by atoms with Crippen molar-refractivity contribution in [2.24, 2.45) is 0 Å². The molecule has 1 atom stereocenters. The van der Waals surface area contributed by atoms with Crippen LogP contribution in [-0.4, -0.2) is 32.7 Å². The fourth-order valence-corrected chi connectivity index (χ4v) is 4.78. The molecule has 0 spiro atoms. The average Bonchev–Trinajstić information content (AvgIpc) is 3.02. The predicted octanol–water partition coefficient (Wildman–Crippen LogP) is 2.47. The first-order chi connectivity index (χ1) is 11.8. The quantitative estimate of drug-likeness (QED) is 0.738. The highest BCUT2D eigenvalue weighted by Crippen LogP contribution is 2.40. The Morgan fingerprint density at radius 1 is 1.24 bits per heavy atom. The lowest BCUT2D eigenvalue weighted by Gasteiger charge is -2.30. The summed E-state index contributed by atoms with van der Waals surface area (Å²) >= 11 is 0. The van der Waals surface area contributed by atoms with E-state index in [1.807, 2.05) is 0 Å². The van der Waals surface area contributed by atoms with Gasteiger partial charge in [-0.05, 0) is 43.9 Å². The first-order valence-electron chi connectivity index (χ1n) is 8.82. The highest BCUT2D eigenvalue weighted by molar-refractivity contribution is 7.89. The fraction of sp³-hybridized carbons (Fsp3) is 0.611. The molecule has 140 valence electrons. The van der Waals surface area contributed by atoms with Crippen molar-refractivity contribution in [3.8, 4) is 0 Å². The zero-order chi connectivity index (χ0) is 18.5. The predicted molar refractivity (Wildman–Crippen MR) is 96.2 cm³/mol. The second-order valence-corrected chi connectivity index (χ2v) is 8.74. The number of carbonyl (C=O) groups is 1. The van der Waals surface area contributed by atoms with E-state index in [1.165, 1.54) is 12.1 Å². The minimum atomic E-state index is -3.44. The minimum absolute atomic E-state index is 0.00410. The molecule has 7 heteroatoms. The van der Waals surface area contributed by atoms with Crippen LogP contribution in [0.1, 0.15) is 51.5 Å². The van der Waals surface area contributed by atoms with Crippen LogP contribution in [0.2, 0.25) is 0 Å². The molecule has 1 fully saturated rings. The third-order valence-corrected chi connectivity index (χ3v) is 6.50. The van der Waals surface area contributed by atoms with E-state index in [0.717, 1.165) is 31.2 Å². The maximum absolute atomic E-state index is 13.2. The number of hydrogen-bond acceptors (Lipinski definition) is 3. The fourth-order valence-electron chi connectivity index (χ4n) is 3.48. The van der Waals surface area contributed by atoms with Crippen LogP contribution < -0.4 is 10.0 Å². The van der Waals surface area contributed by atoms with E-state index >= 15 is 0 Å². The molecule has 2 N–H and O–H groups in total. The zero-order valence-corrected chi connectivity index (χ0v) is 15.7. The summed E-state index contributed by atoms with van der Waals surface area (Å²) in [5.41, 5.74) is 0.816. The Labute approximate surface area is 149 Å². The lowest BCUT2D eigenvalue weighted by atomic mass is 9.78. The van der Waals surface area contributed by atoms with Crippen LogP contribution in [0.3, 0.4) is 0 Å². The topological polar surface area (TPSA) is 75.3 Å². The van der Waals surface area contributed by atoms with Gasteiger partial charge in [-0.1, -0.05) is 31.9 Å². The average molecular weight is 370 g/mol. The lowest BCUT2D eigenvalue weighted by molar-refractivity contribution is -0.122. The van der Waals surface area contributed by atoms with E-state index in [-0.39, 0.29) is 22.9 Å². The number of rotatable bonds is 8. The van der Waals surface area contributed by atoms with E-state index in [0.29, 0.717) is 13.0 Å². The van der Waals surface area contributed by atoms with Crippen LogP contribution in [-0.2, 0) is 20.2 Å². The molecule has 1 aromatic carbocycles. The van der Waals surface area contributed by atoms with Gasteiger partial charge >= 0.3 is 0 Å². The monoisotopic (exact) mass is 370 g/mol. The summed E-state index contributed by atoms with van der Waals surface area (Å²) in [4.78, 5) is 12.3. The van der Waals surface area contributed by atoms with Crippen molar-refractivity contribution in [1.82, 2.24) is 10.0 Å². The molecule has 1 saturated carbocycles. The molecule has 1 amide bonds. The van der Waals surface area contributed by atoms with E-state index in [4.69, 9.17) is 0 Å². The van der Waals surface area contributed by atoms with Crippen molar-refractivity contribution in [1.29, 1.82) is 0 Å². The molecule has 0 aliphatic heterocycles. The third-order valence-electron chi connectivity index (χ3n) is 4.84. The van der Waals surface area contributed by atoms with Crippen molar-refractivity contribution in [2.75, 3.05) is 12.3 Å². The minimum Gasteiger partial charge on any atom is -0.354 e. The highest BCUT2D eigenvalue weighted by atomic mass is 32.2. The summed E-state index contributed by atoms with van der Waals surface area (Å²) in [5, 5.41) is 2.88. The molecule has 2 rings (SSSR count). The van der Waals surface area contributed by atoms with Crippen LogP contribution in [0.4, 0.5) is 4.39 Å². The summed E-state index contributed by atoms with van der Waals surface area (Å²) < 4.78 is 39.2. The summed E-state index contributed by atoms with van der Waals surface area (Å²) in [7, 11) is -3.44. The molecule has 0 aromatic heterocycles. The van der Waals surface area contributed by atoms with E-state index in [9.17, 15) is 17.6 Å². The molecule has 25 heavy (non-hydrogen) atoms. The van der Waals surface area contributed by atoms with Crippen molar-refractivity contribution in [2.45, 2.75) is 57.4 Å². The number of carbonyl (C=O) groups excluding carboxylic acids is 1. The maximum atomic E-state index is 13.2. The number of amides is 1. The van der Waals surface area contributed by atoms with Crippen molar-refractivity contribution in [3.05, 3.63) is 35.6 Å². The van der Waals surface area contributed by atoms with Crippen molar-refractivity contribution >= 4 is 15.9 Å². The van der Waals surface area contributed by atoms with Gasteiger partial charge in [0.25, 0.3) is 0 Å². The van der Waals surface area contributed by atoms with Gasteiger partial charge in [0.15, 0.2) is 0 Å². The molecular weight excluding hydrogens is 343 g/mol. The zero-order valence-electron chi connectivity index (χ0n) is 14.8. The van der Waals surface area contributed by atoms with Gasteiger partial charge in [-0.15, -0.1) is 0 Å².